The third-order valence-corrected chi connectivity index (χ3v) is 3.94. The molecule has 0 bridgehead atoms. The summed E-state index contributed by atoms with van der Waals surface area (Å²) in [6.45, 7) is 0. The van der Waals surface area contributed by atoms with Crippen LogP contribution in [0.15, 0.2) is 70.2 Å². The lowest BCUT2D eigenvalue weighted by molar-refractivity contribution is -0.385. The smallest absolute Gasteiger partial charge is 0.335 e. The summed E-state index contributed by atoms with van der Waals surface area (Å²) < 4.78 is 5.57. The molecule has 146 valence electrons. The van der Waals surface area contributed by atoms with Gasteiger partial charge in [-0.25, -0.2) is 10.2 Å². The Bertz CT molecular complexity index is 1100. The summed E-state index contributed by atoms with van der Waals surface area (Å²) in [6.07, 6.45) is 1.09. The van der Waals surface area contributed by atoms with Crippen LogP contribution >= 0.6 is 0 Å². The number of hydrogen-bond donors (Lipinski definition) is 2. The van der Waals surface area contributed by atoms with Crippen LogP contribution in [0.2, 0.25) is 0 Å². The number of nitrogens with zero attached hydrogens (tertiary/aromatic N) is 2. The molecular weight excluding hydrogens is 378 g/mol. The monoisotopic (exact) mass is 393 g/mol. The van der Waals surface area contributed by atoms with Gasteiger partial charge < -0.3 is 9.52 Å². The fourth-order valence-corrected chi connectivity index (χ4v) is 2.60. The highest BCUT2D eigenvalue weighted by atomic mass is 16.6. The van der Waals surface area contributed by atoms with E-state index in [1.165, 1.54) is 36.5 Å². The highest BCUT2D eigenvalue weighted by Crippen LogP contribution is 2.22. The van der Waals surface area contributed by atoms with Crippen LogP contribution in [0.4, 0.5) is 5.69 Å². The lowest BCUT2D eigenvalue weighted by Gasteiger charge is -2.01. The maximum absolute atomic E-state index is 12.0. The van der Waals surface area contributed by atoms with Gasteiger partial charge in [0.25, 0.3) is 5.69 Å². The number of carbonyl (C=O) groups excluding carboxylic acids is 1. The van der Waals surface area contributed by atoms with Crippen LogP contribution in [0.25, 0.3) is 11.3 Å². The zero-order valence-electron chi connectivity index (χ0n) is 14.9. The molecule has 0 aliphatic heterocycles. The zero-order valence-corrected chi connectivity index (χ0v) is 14.9. The second-order valence-corrected chi connectivity index (χ2v) is 5.94. The van der Waals surface area contributed by atoms with E-state index in [2.05, 4.69) is 10.5 Å². The predicted molar refractivity (Wildman–Crippen MR) is 104 cm³/mol. The van der Waals surface area contributed by atoms with Gasteiger partial charge in [0.05, 0.1) is 23.1 Å². The van der Waals surface area contributed by atoms with Crippen molar-refractivity contribution < 1.29 is 24.0 Å². The molecular formula is C20H15N3O6. The van der Waals surface area contributed by atoms with E-state index in [4.69, 9.17) is 9.52 Å². The van der Waals surface area contributed by atoms with Gasteiger partial charge in [0.1, 0.15) is 11.5 Å². The van der Waals surface area contributed by atoms with Crippen molar-refractivity contribution in [2.75, 3.05) is 0 Å². The molecule has 0 radical (unpaired) electrons. The van der Waals surface area contributed by atoms with Crippen LogP contribution in [0.5, 0.6) is 0 Å². The Hall–Kier alpha value is -4.27. The number of benzene rings is 2. The standard InChI is InChI=1S/C20H15N3O6/c24-19(11-13-4-1-2-7-17(13)23(27)28)22-21-12-16-8-9-18(29-16)14-5-3-6-15(10-14)20(25)26/h1-10,12H,11H2,(H,22,24)(H,25,26)/b21-12-. The first kappa shape index (κ1) is 19.5. The van der Waals surface area contributed by atoms with Gasteiger partial charge in [-0.2, -0.15) is 5.10 Å². The Kier molecular flexibility index (Phi) is 5.79. The van der Waals surface area contributed by atoms with Gasteiger partial charge in [0.15, 0.2) is 0 Å². The molecule has 0 aliphatic rings. The topological polar surface area (TPSA) is 135 Å². The van der Waals surface area contributed by atoms with Crippen molar-refractivity contribution in [1.82, 2.24) is 5.43 Å². The summed E-state index contributed by atoms with van der Waals surface area (Å²) in [4.78, 5) is 33.5. The van der Waals surface area contributed by atoms with Crippen molar-refractivity contribution in [3.05, 3.63) is 87.7 Å². The van der Waals surface area contributed by atoms with Crippen LogP contribution < -0.4 is 5.43 Å². The van der Waals surface area contributed by atoms with E-state index in [9.17, 15) is 19.7 Å². The molecule has 0 saturated heterocycles. The largest absolute Gasteiger partial charge is 0.478 e. The lowest BCUT2D eigenvalue weighted by atomic mass is 10.1. The number of hydrogen-bond acceptors (Lipinski definition) is 6. The third kappa shape index (κ3) is 4.92. The summed E-state index contributed by atoms with van der Waals surface area (Å²) in [5.41, 5.74) is 3.16. The molecule has 2 aromatic carbocycles. The molecule has 0 atom stereocenters. The molecule has 9 nitrogen and oxygen atoms in total. The quantitative estimate of drug-likeness (QED) is 0.359. The molecule has 0 spiro atoms. The fourth-order valence-electron chi connectivity index (χ4n) is 2.60. The molecule has 3 aromatic rings. The number of carbonyl (C=O) groups is 2. The first-order valence-electron chi connectivity index (χ1n) is 8.42. The number of amides is 1. The first-order chi connectivity index (χ1) is 13.9. The number of nitro groups is 1. The molecule has 0 saturated carbocycles. The second kappa shape index (κ2) is 8.61. The Morgan fingerprint density at radius 3 is 2.69 bits per heavy atom. The van der Waals surface area contributed by atoms with Crippen molar-refractivity contribution in [3.63, 3.8) is 0 Å². The summed E-state index contributed by atoms with van der Waals surface area (Å²) >= 11 is 0. The molecule has 1 aromatic heterocycles. The number of aromatic carboxylic acids is 1. The van der Waals surface area contributed by atoms with Crippen LogP contribution in [0, 0.1) is 10.1 Å². The van der Waals surface area contributed by atoms with Crippen molar-refractivity contribution in [2.45, 2.75) is 6.42 Å². The van der Waals surface area contributed by atoms with E-state index in [0.29, 0.717) is 17.1 Å². The molecule has 29 heavy (non-hydrogen) atoms. The van der Waals surface area contributed by atoms with Crippen LogP contribution in [0.3, 0.4) is 0 Å². The maximum atomic E-state index is 12.0. The summed E-state index contributed by atoms with van der Waals surface area (Å²) in [7, 11) is 0. The average molecular weight is 393 g/mol. The van der Waals surface area contributed by atoms with E-state index in [1.807, 2.05) is 0 Å². The minimum Gasteiger partial charge on any atom is -0.478 e. The number of carboxylic acids is 1. The highest BCUT2D eigenvalue weighted by Gasteiger charge is 2.15. The Balaban J connectivity index is 1.63. The van der Waals surface area contributed by atoms with Crippen molar-refractivity contribution in [3.8, 4) is 11.3 Å². The number of furan rings is 1. The van der Waals surface area contributed by atoms with Gasteiger partial charge in [-0.1, -0.05) is 30.3 Å². The van der Waals surface area contributed by atoms with Crippen molar-refractivity contribution in [2.24, 2.45) is 5.10 Å². The normalized spacial score (nSPS) is 10.8. The number of nitrogens with one attached hydrogen (secondary N) is 1. The van der Waals surface area contributed by atoms with Gasteiger partial charge in [-0.05, 0) is 24.3 Å². The predicted octanol–water partition coefficient (Wildman–Crippen LogP) is 3.25. The van der Waals surface area contributed by atoms with E-state index in [0.717, 1.165) is 0 Å². The van der Waals surface area contributed by atoms with Gasteiger partial charge in [0.2, 0.25) is 5.91 Å². The molecule has 0 fully saturated rings. The molecule has 9 heteroatoms. The Labute approximate surface area is 164 Å². The summed E-state index contributed by atoms with van der Waals surface area (Å²) in [5.74, 6) is -0.773. The third-order valence-electron chi connectivity index (χ3n) is 3.94. The molecule has 1 heterocycles. The number of nitro benzene ring substituents is 1. The lowest BCUT2D eigenvalue weighted by Crippen LogP contribution is -2.20. The zero-order chi connectivity index (χ0) is 20.8. The summed E-state index contributed by atoms with van der Waals surface area (Å²) in [6, 6.07) is 15.5. The van der Waals surface area contributed by atoms with E-state index in [-0.39, 0.29) is 23.2 Å². The minimum atomic E-state index is -1.04. The number of para-hydroxylation sites is 1. The number of rotatable bonds is 7. The molecule has 0 aliphatic carbocycles. The molecule has 1 amide bonds. The van der Waals surface area contributed by atoms with Crippen LogP contribution in [0.1, 0.15) is 21.7 Å². The molecule has 0 unspecified atom stereocenters. The first-order valence-corrected chi connectivity index (χ1v) is 8.42. The SMILES string of the molecule is O=C(Cc1ccccc1[N+](=O)[O-])N/N=C\c1ccc(-c2cccc(C(=O)O)c2)o1. The average Bonchev–Trinajstić information content (AvgIpc) is 3.17. The Morgan fingerprint density at radius 1 is 1.14 bits per heavy atom. The number of carboxylic acid groups (broad SMARTS) is 1. The molecule has 3 rings (SSSR count). The number of hydrazone groups is 1. The Morgan fingerprint density at radius 2 is 1.93 bits per heavy atom. The maximum Gasteiger partial charge on any atom is 0.335 e. The van der Waals surface area contributed by atoms with E-state index >= 15 is 0 Å². The second-order valence-electron chi connectivity index (χ2n) is 5.94. The van der Waals surface area contributed by atoms with E-state index < -0.39 is 16.8 Å². The van der Waals surface area contributed by atoms with Crippen molar-refractivity contribution >= 4 is 23.8 Å². The van der Waals surface area contributed by atoms with Gasteiger partial charge >= 0.3 is 5.97 Å². The van der Waals surface area contributed by atoms with Crippen LogP contribution in [-0.4, -0.2) is 28.1 Å². The van der Waals surface area contributed by atoms with Gasteiger partial charge in [0, 0.05) is 17.2 Å². The van der Waals surface area contributed by atoms with Crippen LogP contribution in [-0.2, 0) is 11.2 Å². The highest BCUT2D eigenvalue weighted by molar-refractivity contribution is 5.89. The summed E-state index contributed by atoms with van der Waals surface area (Å²) in [5, 5.41) is 23.8. The minimum absolute atomic E-state index is 0.133. The van der Waals surface area contributed by atoms with Crippen molar-refractivity contribution in [1.29, 1.82) is 0 Å². The molecule has 2 N–H and O–H groups in total. The fraction of sp³-hybridized carbons (Fsp3) is 0.0500. The van der Waals surface area contributed by atoms with Gasteiger partial charge in [-0.15, -0.1) is 0 Å². The van der Waals surface area contributed by atoms with E-state index in [1.54, 1.807) is 30.3 Å². The van der Waals surface area contributed by atoms with Gasteiger partial charge in [-0.3, -0.25) is 14.9 Å².